The summed E-state index contributed by atoms with van der Waals surface area (Å²) in [6, 6.07) is 18.9. The molecule has 0 heterocycles. The molecule has 0 amide bonds. The molecule has 0 nitrogen and oxygen atoms in total. The first-order chi connectivity index (χ1) is 13.2. The molecule has 146 valence electrons. The summed E-state index contributed by atoms with van der Waals surface area (Å²) in [6.45, 7) is 6.86. The van der Waals surface area contributed by atoms with Gasteiger partial charge in [-0.05, 0) is 66.7 Å². The van der Waals surface area contributed by atoms with Gasteiger partial charge in [0, 0.05) is 5.41 Å². The largest absolute Gasteiger partial charge is 0.0654 e. The van der Waals surface area contributed by atoms with Crippen molar-refractivity contribution in [1.29, 1.82) is 0 Å². The molecule has 0 unspecified atom stereocenters. The zero-order chi connectivity index (χ0) is 19.1. The molecule has 3 rings (SSSR count). The van der Waals surface area contributed by atoms with Gasteiger partial charge in [0.05, 0.1) is 0 Å². The second kappa shape index (κ2) is 9.58. The van der Waals surface area contributed by atoms with E-state index in [4.69, 9.17) is 0 Å². The van der Waals surface area contributed by atoms with Crippen LogP contribution in [-0.4, -0.2) is 0 Å². The summed E-state index contributed by atoms with van der Waals surface area (Å²) in [5.41, 5.74) is 6.29. The Morgan fingerprint density at radius 1 is 0.778 bits per heavy atom. The molecule has 0 spiro atoms. The molecule has 0 saturated heterocycles. The van der Waals surface area contributed by atoms with Gasteiger partial charge in [0.15, 0.2) is 0 Å². The topological polar surface area (TPSA) is 0 Å². The van der Waals surface area contributed by atoms with E-state index in [9.17, 15) is 0 Å². The lowest BCUT2D eigenvalue weighted by Gasteiger charge is -2.42. The van der Waals surface area contributed by atoms with E-state index < -0.39 is 0 Å². The van der Waals surface area contributed by atoms with E-state index in [1.807, 2.05) is 0 Å². The monoisotopic (exact) mass is 362 g/mol. The van der Waals surface area contributed by atoms with Gasteiger partial charge in [-0.1, -0.05) is 95.0 Å². The van der Waals surface area contributed by atoms with Gasteiger partial charge in [-0.25, -0.2) is 0 Å². The third kappa shape index (κ3) is 4.65. The van der Waals surface area contributed by atoms with Gasteiger partial charge in [0.25, 0.3) is 0 Å². The first-order valence-electron chi connectivity index (χ1n) is 11.4. The second-order valence-electron chi connectivity index (χ2n) is 8.63. The van der Waals surface area contributed by atoms with E-state index >= 15 is 0 Å². The average molecular weight is 363 g/mol. The fourth-order valence-electron chi connectivity index (χ4n) is 5.06. The predicted octanol–water partition coefficient (Wildman–Crippen LogP) is 7.87. The number of aryl methyl sites for hydroxylation is 2. The molecule has 1 fully saturated rings. The van der Waals surface area contributed by atoms with E-state index in [-0.39, 0.29) is 5.41 Å². The van der Waals surface area contributed by atoms with Crippen LogP contribution in [0, 0.1) is 5.92 Å². The van der Waals surface area contributed by atoms with Crippen LogP contribution >= 0.6 is 0 Å². The van der Waals surface area contributed by atoms with Gasteiger partial charge in [-0.2, -0.15) is 0 Å². The van der Waals surface area contributed by atoms with Gasteiger partial charge in [-0.15, -0.1) is 0 Å². The summed E-state index contributed by atoms with van der Waals surface area (Å²) < 4.78 is 0. The van der Waals surface area contributed by atoms with Crippen LogP contribution in [-0.2, 0) is 18.3 Å². The summed E-state index contributed by atoms with van der Waals surface area (Å²) in [5.74, 6) is 0.938. The van der Waals surface area contributed by atoms with Crippen LogP contribution in [0.25, 0.3) is 0 Å². The van der Waals surface area contributed by atoms with E-state index in [1.165, 1.54) is 62.5 Å². The van der Waals surface area contributed by atoms with Crippen molar-refractivity contribution in [3.05, 3.63) is 70.8 Å². The lowest BCUT2D eigenvalue weighted by molar-refractivity contribution is 0.250. The van der Waals surface area contributed by atoms with Crippen molar-refractivity contribution in [3.63, 3.8) is 0 Å². The standard InChI is InChI=1S/C27H38/c1-4-7-8-11-24-16-18-27(19-17-24,25-14-9-12-22(5-2)20-25)26-15-10-13-23(6-3)21-26/h9-10,12-15,20-21,24H,4-8,11,16-19H2,1-3H3. The zero-order valence-electron chi connectivity index (χ0n) is 17.8. The van der Waals surface area contributed by atoms with Crippen LogP contribution < -0.4 is 0 Å². The highest BCUT2D eigenvalue weighted by atomic mass is 14.4. The molecule has 0 aliphatic heterocycles. The molecule has 1 saturated carbocycles. The van der Waals surface area contributed by atoms with Crippen molar-refractivity contribution in [3.8, 4) is 0 Å². The van der Waals surface area contributed by atoms with E-state index in [1.54, 1.807) is 11.1 Å². The predicted molar refractivity (Wildman–Crippen MR) is 119 cm³/mol. The van der Waals surface area contributed by atoms with Gasteiger partial charge < -0.3 is 0 Å². The van der Waals surface area contributed by atoms with E-state index in [2.05, 4.69) is 69.3 Å². The molecule has 2 aromatic carbocycles. The first kappa shape index (κ1) is 20.2. The van der Waals surface area contributed by atoms with Crippen molar-refractivity contribution in [2.75, 3.05) is 0 Å². The minimum Gasteiger partial charge on any atom is -0.0654 e. The highest BCUT2D eigenvalue weighted by Crippen LogP contribution is 2.47. The summed E-state index contributed by atoms with van der Waals surface area (Å²) >= 11 is 0. The number of rotatable bonds is 8. The van der Waals surface area contributed by atoms with Gasteiger partial charge in [0.1, 0.15) is 0 Å². The molecule has 0 aromatic heterocycles. The van der Waals surface area contributed by atoms with Gasteiger partial charge in [0.2, 0.25) is 0 Å². The maximum Gasteiger partial charge on any atom is 0.0203 e. The number of unbranched alkanes of at least 4 members (excludes halogenated alkanes) is 2. The summed E-state index contributed by atoms with van der Waals surface area (Å²) in [7, 11) is 0. The molecule has 1 aliphatic rings. The Balaban J connectivity index is 1.91. The van der Waals surface area contributed by atoms with Crippen LogP contribution in [0.5, 0.6) is 0 Å². The highest BCUT2D eigenvalue weighted by molar-refractivity contribution is 5.43. The first-order valence-corrected chi connectivity index (χ1v) is 11.4. The fourth-order valence-corrected chi connectivity index (χ4v) is 5.06. The lowest BCUT2D eigenvalue weighted by Crippen LogP contribution is -2.33. The van der Waals surface area contributed by atoms with Gasteiger partial charge >= 0.3 is 0 Å². The molecule has 0 bridgehead atoms. The molecule has 0 radical (unpaired) electrons. The molecule has 0 atom stereocenters. The van der Waals surface area contributed by atoms with Crippen molar-refractivity contribution >= 4 is 0 Å². The van der Waals surface area contributed by atoms with Crippen LogP contribution in [0.2, 0.25) is 0 Å². The molecule has 0 heteroatoms. The molecular weight excluding hydrogens is 324 g/mol. The second-order valence-corrected chi connectivity index (χ2v) is 8.63. The zero-order valence-corrected chi connectivity index (χ0v) is 17.8. The van der Waals surface area contributed by atoms with Crippen molar-refractivity contribution < 1.29 is 0 Å². The maximum atomic E-state index is 2.50. The van der Waals surface area contributed by atoms with Crippen LogP contribution in [0.4, 0.5) is 0 Å². The molecule has 2 aromatic rings. The quantitative estimate of drug-likeness (QED) is 0.419. The summed E-state index contributed by atoms with van der Waals surface area (Å²) in [5, 5.41) is 0. The average Bonchev–Trinajstić information content (AvgIpc) is 2.74. The Hall–Kier alpha value is -1.56. The Morgan fingerprint density at radius 2 is 1.33 bits per heavy atom. The van der Waals surface area contributed by atoms with Gasteiger partial charge in [-0.3, -0.25) is 0 Å². The number of hydrogen-bond acceptors (Lipinski definition) is 0. The van der Waals surface area contributed by atoms with Crippen molar-refractivity contribution in [2.24, 2.45) is 5.92 Å². The van der Waals surface area contributed by atoms with E-state index in [0.29, 0.717) is 0 Å². The fraction of sp³-hybridized carbons (Fsp3) is 0.556. The summed E-state index contributed by atoms with van der Waals surface area (Å²) in [6.07, 6.45) is 13.2. The number of benzene rings is 2. The SMILES string of the molecule is CCCCCC1CCC(c2cccc(CC)c2)(c2cccc(CC)c2)CC1. The Kier molecular flexibility index (Phi) is 7.16. The summed E-state index contributed by atoms with van der Waals surface area (Å²) in [4.78, 5) is 0. The number of hydrogen-bond donors (Lipinski definition) is 0. The normalized spacial score (nSPS) is 17.1. The van der Waals surface area contributed by atoms with E-state index in [0.717, 1.165) is 18.8 Å². The molecule has 27 heavy (non-hydrogen) atoms. The van der Waals surface area contributed by atoms with Crippen LogP contribution in [0.1, 0.15) is 94.4 Å². The molecular formula is C27H38. The minimum atomic E-state index is 0.220. The van der Waals surface area contributed by atoms with Crippen LogP contribution in [0.3, 0.4) is 0 Å². The third-order valence-electron chi connectivity index (χ3n) is 6.95. The Bertz CT molecular complexity index is 654. The lowest BCUT2D eigenvalue weighted by atomic mass is 9.62. The smallest absolute Gasteiger partial charge is 0.0203 e. The maximum absolute atomic E-state index is 2.50. The minimum absolute atomic E-state index is 0.220. The Labute approximate surface area is 167 Å². The third-order valence-corrected chi connectivity index (χ3v) is 6.95. The van der Waals surface area contributed by atoms with Crippen molar-refractivity contribution in [1.82, 2.24) is 0 Å². The highest BCUT2D eigenvalue weighted by Gasteiger charge is 2.38. The van der Waals surface area contributed by atoms with Crippen molar-refractivity contribution in [2.45, 2.75) is 90.4 Å². The molecule has 0 N–H and O–H groups in total. The Morgan fingerprint density at radius 3 is 1.81 bits per heavy atom. The molecule has 1 aliphatic carbocycles. The van der Waals surface area contributed by atoms with Crippen LogP contribution in [0.15, 0.2) is 48.5 Å².